The number of aromatic nitrogens is 1. The predicted octanol–water partition coefficient (Wildman–Crippen LogP) is 6.40. The first-order chi connectivity index (χ1) is 15.2. The highest BCUT2D eigenvalue weighted by molar-refractivity contribution is 7.07. The molecule has 0 fully saturated rings. The molecule has 0 aliphatic heterocycles. The van der Waals surface area contributed by atoms with Gasteiger partial charge in [0.15, 0.2) is 0 Å². The van der Waals surface area contributed by atoms with E-state index < -0.39 is 0 Å². The van der Waals surface area contributed by atoms with E-state index in [4.69, 9.17) is 10.1 Å². The molecule has 0 aliphatic carbocycles. The summed E-state index contributed by atoms with van der Waals surface area (Å²) in [5, 5.41) is 18.1. The van der Waals surface area contributed by atoms with E-state index in [1.54, 1.807) is 12.1 Å². The summed E-state index contributed by atoms with van der Waals surface area (Å²) in [6.07, 6.45) is 2.07. The fraction of sp³-hybridized carbons (Fsp3) is 0.360. The lowest BCUT2D eigenvalue weighted by Gasteiger charge is -2.19. The number of unbranched alkanes of at least 4 members (excludes halogenated alkanes) is 1. The Kier molecular flexibility index (Phi) is 7.40. The van der Waals surface area contributed by atoms with Crippen LogP contribution in [0.25, 0.3) is 11.3 Å². The zero-order chi connectivity index (χ0) is 23.3. The number of nitro groups is 1. The molecule has 0 N–H and O–H groups in total. The zero-order valence-corrected chi connectivity index (χ0v) is 20.1. The number of nitrogens with zero attached hydrogens (tertiary/aromatic N) is 4. The van der Waals surface area contributed by atoms with Gasteiger partial charge in [-0.2, -0.15) is 5.10 Å². The van der Waals surface area contributed by atoms with E-state index >= 15 is 0 Å². The Morgan fingerprint density at radius 1 is 1.16 bits per heavy atom. The molecular formula is C25H30N4O2S. The average molecular weight is 451 g/mol. The van der Waals surface area contributed by atoms with E-state index in [2.05, 4.69) is 52.0 Å². The molecule has 3 rings (SSSR count). The maximum absolute atomic E-state index is 11.3. The highest BCUT2D eigenvalue weighted by Crippen LogP contribution is 2.25. The normalized spacial score (nSPS) is 12.9. The van der Waals surface area contributed by atoms with Crippen molar-refractivity contribution in [2.45, 2.75) is 52.9 Å². The van der Waals surface area contributed by atoms with E-state index in [0.717, 1.165) is 46.7 Å². The topological polar surface area (TPSA) is 72.8 Å². The van der Waals surface area contributed by atoms with Crippen molar-refractivity contribution >= 4 is 22.7 Å². The molecule has 2 aromatic carbocycles. The second kappa shape index (κ2) is 10.0. The molecule has 168 valence electrons. The summed E-state index contributed by atoms with van der Waals surface area (Å²) in [5.74, 6) is 0. The number of rotatable bonds is 7. The largest absolute Gasteiger partial charge is 0.270 e. The van der Waals surface area contributed by atoms with Crippen LogP contribution in [-0.2, 0) is 5.41 Å². The van der Waals surface area contributed by atoms with Gasteiger partial charge in [0.25, 0.3) is 5.69 Å². The van der Waals surface area contributed by atoms with Gasteiger partial charge in [-0.3, -0.25) is 15.1 Å². The number of hydrogen-bond acceptors (Lipinski definition) is 5. The number of nitro benzene ring substituents is 1. The van der Waals surface area contributed by atoms with Crippen LogP contribution in [-0.4, -0.2) is 21.9 Å². The molecule has 0 atom stereocenters. The highest BCUT2D eigenvalue weighted by atomic mass is 32.1. The first-order valence-corrected chi connectivity index (χ1v) is 11.7. The maximum Gasteiger partial charge on any atom is 0.270 e. The number of thiazole rings is 1. The molecule has 0 amide bonds. The summed E-state index contributed by atoms with van der Waals surface area (Å²) < 4.78 is 1.81. The summed E-state index contributed by atoms with van der Waals surface area (Å²) in [6, 6.07) is 15.1. The molecule has 0 saturated heterocycles. The van der Waals surface area contributed by atoms with E-state index in [0.29, 0.717) is 0 Å². The van der Waals surface area contributed by atoms with Gasteiger partial charge < -0.3 is 0 Å². The minimum absolute atomic E-state index is 0.0585. The Hall–Kier alpha value is -3.06. The quantitative estimate of drug-likeness (QED) is 0.181. The Morgan fingerprint density at radius 3 is 2.50 bits per heavy atom. The van der Waals surface area contributed by atoms with Gasteiger partial charge in [-0.05, 0) is 29.9 Å². The number of non-ortho nitro benzene ring substituents is 1. The lowest BCUT2D eigenvalue weighted by Crippen LogP contribution is -2.15. The molecule has 1 aromatic heterocycles. The third kappa shape index (κ3) is 5.59. The van der Waals surface area contributed by atoms with Gasteiger partial charge in [0.1, 0.15) is 0 Å². The summed E-state index contributed by atoms with van der Waals surface area (Å²) in [5.41, 5.74) is 4.83. The van der Waals surface area contributed by atoms with Gasteiger partial charge in [-0.25, -0.2) is 4.68 Å². The lowest BCUT2D eigenvalue weighted by atomic mass is 9.86. The molecule has 1 heterocycles. The van der Waals surface area contributed by atoms with Gasteiger partial charge in [0, 0.05) is 29.6 Å². The van der Waals surface area contributed by atoms with Crippen LogP contribution in [0.4, 0.5) is 5.69 Å². The van der Waals surface area contributed by atoms with Crippen molar-refractivity contribution in [2.24, 2.45) is 10.1 Å². The average Bonchev–Trinajstić information content (AvgIpc) is 3.16. The molecule has 3 aromatic rings. The van der Waals surface area contributed by atoms with Crippen molar-refractivity contribution in [1.29, 1.82) is 0 Å². The predicted molar refractivity (Wildman–Crippen MR) is 132 cm³/mol. The standard InChI is InChI=1S/C25H30N4O2S/c1-6-7-15-26-24-28(23(17-32-24)20-9-8-10-22(16-20)29(30)31)27-18(2)19-11-13-21(14-12-19)25(3,4)5/h8-14,16-17H,6-7,15H2,1-5H3/b26-24?,27-18+. The van der Waals surface area contributed by atoms with Crippen LogP contribution in [0.5, 0.6) is 0 Å². The fourth-order valence-corrected chi connectivity index (χ4v) is 4.09. The maximum atomic E-state index is 11.3. The summed E-state index contributed by atoms with van der Waals surface area (Å²) in [4.78, 5) is 16.4. The van der Waals surface area contributed by atoms with E-state index in [-0.39, 0.29) is 16.0 Å². The van der Waals surface area contributed by atoms with Crippen LogP contribution in [0.15, 0.2) is 64.0 Å². The van der Waals surface area contributed by atoms with Crippen molar-refractivity contribution in [3.8, 4) is 11.3 Å². The van der Waals surface area contributed by atoms with Crippen LogP contribution >= 0.6 is 11.3 Å². The Balaban J connectivity index is 2.08. The fourth-order valence-electron chi connectivity index (χ4n) is 3.23. The summed E-state index contributed by atoms with van der Waals surface area (Å²) in [6.45, 7) is 11.4. The van der Waals surface area contributed by atoms with Crippen LogP contribution in [0.2, 0.25) is 0 Å². The zero-order valence-electron chi connectivity index (χ0n) is 19.3. The van der Waals surface area contributed by atoms with Gasteiger partial charge in [-0.15, -0.1) is 11.3 Å². The Morgan fingerprint density at radius 2 is 1.88 bits per heavy atom. The smallest absolute Gasteiger partial charge is 0.258 e. The molecule has 32 heavy (non-hydrogen) atoms. The summed E-state index contributed by atoms with van der Waals surface area (Å²) in [7, 11) is 0. The first kappa shape index (κ1) is 23.6. The van der Waals surface area contributed by atoms with Crippen LogP contribution in [0.3, 0.4) is 0 Å². The molecule has 0 aliphatic rings. The molecule has 0 bridgehead atoms. The second-order valence-electron chi connectivity index (χ2n) is 8.77. The van der Waals surface area contributed by atoms with Crippen molar-refractivity contribution < 1.29 is 4.92 Å². The molecule has 0 radical (unpaired) electrons. The number of hydrogen-bond donors (Lipinski definition) is 0. The monoisotopic (exact) mass is 450 g/mol. The van der Waals surface area contributed by atoms with Crippen molar-refractivity contribution in [3.05, 3.63) is 80.0 Å². The van der Waals surface area contributed by atoms with E-state index in [1.807, 2.05) is 23.0 Å². The molecule has 0 saturated carbocycles. The SMILES string of the molecule is CCCCN=c1scc(-c2cccc([N+](=O)[O-])c2)n1/N=C(\C)c1ccc(C(C)(C)C)cc1. The molecule has 0 unspecified atom stereocenters. The van der Waals surface area contributed by atoms with Crippen molar-refractivity contribution in [2.75, 3.05) is 6.54 Å². The third-order valence-corrected chi connectivity index (χ3v) is 6.07. The van der Waals surface area contributed by atoms with E-state index in [9.17, 15) is 10.1 Å². The van der Waals surface area contributed by atoms with Crippen LogP contribution in [0, 0.1) is 10.1 Å². The van der Waals surface area contributed by atoms with Crippen LogP contribution < -0.4 is 4.80 Å². The van der Waals surface area contributed by atoms with Gasteiger partial charge in [0.05, 0.1) is 16.3 Å². The Bertz CT molecular complexity index is 1180. The highest BCUT2D eigenvalue weighted by Gasteiger charge is 2.15. The minimum Gasteiger partial charge on any atom is -0.258 e. The van der Waals surface area contributed by atoms with Crippen LogP contribution in [0.1, 0.15) is 58.6 Å². The molecule has 6 nitrogen and oxygen atoms in total. The minimum atomic E-state index is -0.377. The van der Waals surface area contributed by atoms with Gasteiger partial charge >= 0.3 is 0 Å². The number of benzene rings is 2. The van der Waals surface area contributed by atoms with E-state index in [1.165, 1.54) is 23.0 Å². The first-order valence-electron chi connectivity index (χ1n) is 10.8. The Labute approximate surface area is 193 Å². The van der Waals surface area contributed by atoms with Gasteiger partial charge in [-0.1, -0.05) is 70.5 Å². The summed E-state index contributed by atoms with van der Waals surface area (Å²) >= 11 is 1.50. The van der Waals surface area contributed by atoms with Crippen molar-refractivity contribution in [1.82, 2.24) is 4.68 Å². The third-order valence-electron chi connectivity index (χ3n) is 5.22. The second-order valence-corrected chi connectivity index (χ2v) is 9.61. The van der Waals surface area contributed by atoms with Crippen molar-refractivity contribution in [3.63, 3.8) is 0 Å². The van der Waals surface area contributed by atoms with Gasteiger partial charge in [0.2, 0.25) is 4.80 Å². The molecule has 7 heteroatoms. The molecular weight excluding hydrogens is 420 g/mol. The lowest BCUT2D eigenvalue weighted by molar-refractivity contribution is -0.384. The molecule has 0 spiro atoms.